The lowest BCUT2D eigenvalue weighted by atomic mass is 9.93. The largest absolute Gasteiger partial charge is 0.347 e. The molecule has 1 unspecified atom stereocenters. The average Bonchev–Trinajstić information content (AvgIpc) is 3.11. The van der Waals surface area contributed by atoms with Crippen LogP contribution in [0.15, 0.2) is 89.4 Å². The Morgan fingerprint density at radius 2 is 2.00 bits per heavy atom. The third-order valence-electron chi connectivity index (χ3n) is 4.93. The predicted octanol–water partition coefficient (Wildman–Crippen LogP) is 4.95. The first-order valence-electron chi connectivity index (χ1n) is 8.97. The maximum atomic E-state index is 7.84. The molecule has 0 radical (unpaired) electrons. The Morgan fingerprint density at radius 3 is 2.74 bits per heavy atom. The molecular formula is C22H21N5. The van der Waals surface area contributed by atoms with Crippen molar-refractivity contribution in [2.75, 3.05) is 0 Å². The molecule has 1 aromatic heterocycles. The van der Waals surface area contributed by atoms with Crippen LogP contribution in [-0.2, 0) is 6.54 Å². The number of nitrogens with zero attached hydrogens (tertiary/aromatic N) is 3. The molecule has 3 aromatic rings. The van der Waals surface area contributed by atoms with Gasteiger partial charge in [0, 0.05) is 29.2 Å². The zero-order valence-corrected chi connectivity index (χ0v) is 14.9. The predicted molar refractivity (Wildman–Crippen MR) is 109 cm³/mol. The minimum absolute atomic E-state index is 0.0703. The molecule has 0 saturated heterocycles. The van der Waals surface area contributed by atoms with Crippen molar-refractivity contribution in [1.29, 1.82) is 5.41 Å². The molecule has 27 heavy (non-hydrogen) atoms. The molecule has 1 atom stereocenters. The molecule has 0 bridgehead atoms. The van der Waals surface area contributed by atoms with Gasteiger partial charge in [-0.15, -0.1) is 5.11 Å². The van der Waals surface area contributed by atoms with E-state index >= 15 is 0 Å². The summed E-state index contributed by atoms with van der Waals surface area (Å²) in [7, 11) is 0. The Balaban J connectivity index is 1.49. The number of allylic oxidation sites excluding steroid dienone is 4. The lowest BCUT2D eigenvalue weighted by Gasteiger charge is -2.18. The molecule has 4 rings (SSSR count). The van der Waals surface area contributed by atoms with E-state index in [1.54, 1.807) is 0 Å². The fraction of sp³-hybridized carbons (Fsp3) is 0.136. The summed E-state index contributed by atoms with van der Waals surface area (Å²) in [6.45, 7) is 0.928. The summed E-state index contributed by atoms with van der Waals surface area (Å²) >= 11 is 0. The minimum Gasteiger partial charge on any atom is -0.347 e. The third-order valence-corrected chi connectivity index (χ3v) is 4.93. The summed E-state index contributed by atoms with van der Waals surface area (Å²) in [5.74, 6) is 5.58. The topological polar surface area (TPSA) is 79.5 Å². The smallest absolute Gasteiger partial charge is 0.176 e. The van der Waals surface area contributed by atoms with Crippen LogP contribution >= 0.6 is 0 Å². The van der Waals surface area contributed by atoms with E-state index in [1.807, 2.05) is 24.3 Å². The molecule has 5 nitrogen and oxygen atoms in total. The monoisotopic (exact) mass is 355 g/mol. The molecule has 1 aliphatic rings. The Bertz CT molecular complexity index is 1060. The number of hydrogen-bond donors (Lipinski definition) is 2. The maximum Gasteiger partial charge on any atom is 0.176 e. The van der Waals surface area contributed by atoms with Crippen molar-refractivity contribution in [2.24, 2.45) is 22.1 Å². The molecule has 0 amide bonds. The molecule has 1 aliphatic carbocycles. The zero-order chi connectivity index (χ0) is 18.6. The maximum absolute atomic E-state index is 7.84. The summed E-state index contributed by atoms with van der Waals surface area (Å²) < 4.78 is 2.27. The van der Waals surface area contributed by atoms with Gasteiger partial charge in [-0.05, 0) is 47.7 Å². The highest BCUT2D eigenvalue weighted by molar-refractivity contribution is 6.00. The van der Waals surface area contributed by atoms with Crippen LogP contribution in [-0.4, -0.2) is 10.4 Å². The van der Waals surface area contributed by atoms with E-state index < -0.39 is 0 Å². The van der Waals surface area contributed by atoms with Crippen molar-refractivity contribution in [2.45, 2.75) is 13.0 Å². The molecule has 2 aromatic carbocycles. The van der Waals surface area contributed by atoms with Crippen molar-refractivity contribution in [3.05, 3.63) is 90.1 Å². The summed E-state index contributed by atoms with van der Waals surface area (Å²) in [6, 6.07) is 18.4. The second kappa shape index (κ2) is 7.41. The Labute approximate surface area is 158 Å². The van der Waals surface area contributed by atoms with E-state index in [-0.39, 0.29) is 5.84 Å². The molecule has 0 fully saturated rings. The van der Waals surface area contributed by atoms with Gasteiger partial charge in [-0.1, -0.05) is 53.8 Å². The van der Waals surface area contributed by atoms with E-state index in [9.17, 15) is 0 Å². The van der Waals surface area contributed by atoms with Gasteiger partial charge in [0.1, 0.15) is 0 Å². The first kappa shape index (κ1) is 17.0. The number of hydrogen-bond acceptors (Lipinski definition) is 2. The SMILES string of the molecule is N=C(N=NN)c1ccc2c(ccn2CC2C=CC(c3ccccc3)=CC2)c1. The van der Waals surface area contributed by atoms with Crippen LogP contribution in [0.5, 0.6) is 0 Å². The van der Waals surface area contributed by atoms with Crippen LogP contribution in [0.25, 0.3) is 16.5 Å². The number of aromatic nitrogens is 1. The van der Waals surface area contributed by atoms with Gasteiger partial charge in [0.25, 0.3) is 0 Å². The summed E-state index contributed by atoms with van der Waals surface area (Å²) in [6.07, 6.45) is 9.99. The van der Waals surface area contributed by atoms with Crippen molar-refractivity contribution in [1.82, 2.24) is 4.57 Å². The first-order chi connectivity index (χ1) is 13.2. The molecule has 0 aliphatic heterocycles. The molecule has 0 spiro atoms. The van der Waals surface area contributed by atoms with E-state index in [2.05, 4.69) is 69.7 Å². The quantitative estimate of drug-likeness (QED) is 0.224. The van der Waals surface area contributed by atoms with Gasteiger partial charge in [-0.2, -0.15) is 0 Å². The highest BCUT2D eigenvalue weighted by Gasteiger charge is 2.12. The van der Waals surface area contributed by atoms with E-state index in [1.165, 1.54) is 11.1 Å². The molecule has 0 saturated carbocycles. The third kappa shape index (κ3) is 3.58. The second-order valence-corrected chi connectivity index (χ2v) is 6.69. The second-order valence-electron chi connectivity index (χ2n) is 6.69. The van der Waals surface area contributed by atoms with Gasteiger partial charge in [0.05, 0.1) is 0 Å². The number of fused-ring (bicyclic) bond motifs is 1. The molecule has 1 heterocycles. The van der Waals surface area contributed by atoms with E-state index in [0.29, 0.717) is 11.5 Å². The van der Waals surface area contributed by atoms with Gasteiger partial charge in [-0.3, -0.25) is 5.41 Å². The lowest BCUT2D eigenvalue weighted by molar-refractivity contribution is 0.545. The van der Waals surface area contributed by atoms with Gasteiger partial charge < -0.3 is 10.4 Å². The summed E-state index contributed by atoms with van der Waals surface area (Å²) in [5, 5.41) is 15.7. The Morgan fingerprint density at radius 1 is 1.15 bits per heavy atom. The van der Waals surface area contributed by atoms with Gasteiger partial charge >= 0.3 is 0 Å². The zero-order valence-electron chi connectivity index (χ0n) is 14.9. The van der Waals surface area contributed by atoms with Crippen LogP contribution in [0.1, 0.15) is 17.5 Å². The van der Waals surface area contributed by atoms with Gasteiger partial charge in [0.15, 0.2) is 5.84 Å². The Hall–Kier alpha value is -3.47. The van der Waals surface area contributed by atoms with Crippen LogP contribution in [0.2, 0.25) is 0 Å². The van der Waals surface area contributed by atoms with Crippen molar-refractivity contribution < 1.29 is 0 Å². The fourth-order valence-electron chi connectivity index (χ4n) is 3.52. The minimum atomic E-state index is 0.0703. The van der Waals surface area contributed by atoms with Crippen LogP contribution in [0.3, 0.4) is 0 Å². The van der Waals surface area contributed by atoms with Crippen LogP contribution < -0.4 is 5.84 Å². The first-order valence-corrected chi connectivity index (χ1v) is 8.97. The van der Waals surface area contributed by atoms with Crippen molar-refractivity contribution >= 4 is 22.3 Å². The normalized spacial score (nSPS) is 16.7. The molecule has 134 valence electrons. The highest BCUT2D eigenvalue weighted by Crippen LogP contribution is 2.27. The Kier molecular flexibility index (Phi) is 4.66. The van der Waals surface area contributed by atoms with Crippen molar-refractivity contribution in [3.8, 4) is 0 Å². The molecular weight excluding hydrogens is 334 g/mol. The number of benzene rings is 2. The summed E-state index contributed by atoms with van der Waals surface area (Å²) in [4.78, 5) is 0. The lowest BCUT2D eigenvalue weighted by Crippen LogP contribution is -2.09. The van der Waals surface area contributed by atoms with Crippen LogP contribution in [0.4, 0.5) is 0 Å². The average molecular weight is 355 g/mol. The number of nitrogens with one attached hydrogen (secondary N) is 1. The molecule has 3 N–H and O–H groups in total. The highest BCUT2D eigenvalue weighted by atomic mass is 15.3. The fourth-order valence-corrected chi connectivity index (χ4v) is 3.52. The van der Waals surface area contributed by atoms with E-state index in [4.69, 9.17) is 11.3 Å². The molecule has 5 heteroatoms. The van der Waals surface area contributed by atoms with Crippen molar-refractivity contribution in [3.63, 3.8) is 0 Å². The summed E-state index contributed by atoms with van der Waals surface area (Å²) in [5.41, 5.74) is 4.43. The van der Waals surface area contributed by atoms with E-state index in [0.717, 1.165) is 23.9 Å². The van der Waals surface area contributed by atoms with Gasteiger partial charge in [0.2, 0.25) is 0 Å². The number of nitrogens with two attached hydrogens (primary N) is 1. The number of rotatable bonds is 4. The standard InChI is InChI=1S/C22H21N5/c23-22(25-26-24)20-10-11-21-19(14-20)12-13-27(21)15-16-6-8-18(9-7-16)17-4-2-1-3-5-17/h1-6,8-14,16H,7,15H2,(H3,23,24,25). The number of amidine groups is 1. The van der Waals surface area contributed by atoms with Gasteiger partial charge in [-0.25, -0.2) is 0 Å². The van der Waals surface area contributed by atoms with Crippen LogP contribution in [0, 0.1) is 11.3 Å².